The van der Waals surface area contributed by atoms with E-state index in [9.17, 15) is 8.42 Å². The minimum Gasteiger partial charge on any atom is -0.296 e. The van der Waals surface area contributed by atoms with Gasteiger partial charge in [0.05, 0.1) is 5.69 Å². The summed E-state index contributed by atoms with van der Waals surface area (Å²) >= 11 is 1.28. The molecule has 1 aliphatic heterocycles. The van der Waals surface area contributed by atoms with Gasteiger partial charge in [0.2, 0.25) is 0 Å². The number of nitrogens with zero attached hydrogens (tertiary/aromatic N) is 4. The van der Waals surface area contributed by atoms with E-state index in [-0.39, 0.29) is 0 Å². The molecule has 0 unspecified atom stereocenters. The molecule has 23 heavy (non-hydrogen) atoms. The largest absolute Gasteiger partial charge is 0.296 e. The average molecular weight is 355 g/mol. The summed E-state index contributed by atoms with van der Waals surface area (Å²) in [5.41, 5.74) is 2.28. The zero-order chi connectivity index (χ0) is 16.4. The number of thiophene rings is 1. The first kappa shape index (κ1) is 16.6. The van der Waals surface area contributed by atoms with Gasteiger partial charge in [-0.05, 0) is 25.3 Å². The summed E-state index contributed by atoms with van der Waals surface area (Å²) in [5.74, 6) is 0. The minimum atomic E-state index is -3.31. The number of aromatic nitrogens is 2. The lowest BCUT2D eigenvalue weighted by Gasteiger charge is -2.33. The molecule has 3 heterocycles. The van der Waals surface area contributed by atoms with Gasteiger partial charge in [-0.25, -0.2) is 8.42 Å². The quantitative estimate of drug-likeness (QED) is 0.821. The number of piperazine rings is 1. The highest BCUT2D eigenvalue weighted by Gasteiger charge is 2.29. The standard InChI is InChI=1S/C15H22N4O2S2/c1-3-18-12-14(13(2)16-18)11-17-6-8-19(9-7-17)23(20,21)15-5-4-10-22-15/h4-5,10,12H,3,6-9,11H2,1-2H3. The molecule has 0 spiro atoms. The number of hydrogen-bond donors (Lipinski definition) is 0. The van der Waals surface area contributed by atoms with Gasteiger partial charge >= 0.3 is 0 Å². The fourth-order valence-corrected chi connectivity index (χ4v) is 5.35. The third-order valence-electron chi connectivity index (χ3n) is 4.19. The molecule has 2 aromatic heterocycles. The van der Waals surface area contributed by atoms with Gasteiger partial charge in [-0.3, -0.25) is 9.58 Å². The maximum atomic E-state index is 12.5. The van der Waals surface area contributed by atoms with Crippen molar-refractivity contribution in [3.8, 4) is 0 Å². The summed E-state index contributed by atoms with van der Waals surface area (Å²) in [6.07, 6.45) is 2.09. The molecule has 0 bridgehead atoms. The van der Waals surface area contributed by atoms with Crippen molar-refractivity contribution in [2.45, 2.75) is 31.1 Å². The summed E-state index contributed by atoms with van der Waals surface area (Å²) in [6, 6.07) is 3.46. The highest BCUT2D eigenvalue weighted by atomic mass is 32.2. The fraction of sp³-hybridized carbons (Fsp3) is 0.533. The topological polar surface area (TPSA) is 58.4 Å². The monoisotopic (exact) mass is 354 g/mol. The first-order valence-corrected chi connectivity index (χ1v) is 10.1. The number of rotatable bonds is 5. The summed E-state index contributed by atoms with van der Waals surface area (Å²) in [4.78, 5) is 2.30. The number of hydrogen-bond acceptors (Lipinski definition) is 5. The van der Waals surface area contributed by atoms with Crippen LogP contribution in [0.5, 0.6) is 0 Å². The van der Waals surface area contributed by atoms with E-state index in [4.69, 9.17) is 0 Å². The normalized spacial score (nSPS) is 17.7. The van der Waals surface area contributed by atoms with Crippen LogP contribution in [0.1, 0.15) is 18.2 Å². The molecule has 0 N–H and O–H groups in total. The lowest BCUT2D eigenvalue weighted by atomic mass is 10.2. The van der Waals surface area contributed by atoms with Crippen LogP contribution in [-0.4, -0.2) is 53.6 Å². The van der Waals surface area contributed by atoms with Gasteiger partial charge in [0.15, 0.2) is 0 Å². The third-order valence-corrected chi connectivity index (χ3v) is 7.46. The lowest BCUT2D eigenvalue weighted by Crippen LogP contribution is -2.48. The molecule has 6 nitrogen and oxygen atoms in total. The summed E-state index contributed by atoms with van der Waals surface area (Å²) in [7, 11) is -3.31. The molecular weight excluding hydrogens is 332 g/mol. The molecule has 0 aliphatic carbocycles. The second-order valence-electron chi connectivity index (χ2n) is 5.71. The Morgan fingerprint density at radius 3 is 2.57 bits per heavy atom. The predicted molar refractivity (Wildman–Crippen MR) is 91.0 cm³/mol. The van der Waals surface area contributed by atoms with Crippen LogP contribution >= 0.6 is 11.3 Å². The van der Waals surface area contributed by atoms with Crippen LogP contribution in [0, 0.1) is 6.92 Å². The fourth-order valence-electron chi connectivity index (χ4n) is 2.78. The van der Waals surface area contributed by atoms with Gasteiger partial charge < -0.3 is 0 Å². The van der Waals surface area contributed by atoms with Crippen molar-refractivity contribution < 1.29 is 8.42 Å². The van der Waals surface area contributed by atoms with Gasteiger partial charge in [0.25, 0.3) is 10.0 Å². The molecule has 3 rings (SSSR count). The van der Waals surface area contributed by atoms with Crippen LogP contribution in [0.4, 0.5) is 0 Å². The Kier molecular flexibility index (Phi) is 4.86. The Morgan fingerprint density at radius 1 is 1.26 bits per heavy atom. The highest BCUT2D eigenvalue weighted by Crippen LogP contribution is 2.22. The molecule has 2 aromatic rings. The molecule has 0 saturated carbocycles. The predicted octanol–water partition coefficient (Wildman–Crippen LogP) is 1.78. The zero-order valence-corrected chi connectivity index (χ0v) is 15.1. The van der Waals surface area contributed by atoms with E-state index in [2.05, 4.69) is 23.1 Å². The summed E-state index contributed by atoms with van der Waals surface area (Å²) in [5, 5.41) is 6.27. The molecule has 126 valence electrons. The van der Waals surface area contributed by atoms with E-state index >= 15 is 0 Å². The van der Waals surface area contributed by atoms with Gasteiger partial charge in [-0.15, -0.1) is 11.3 Å². The van der Waals surface area contributed by atoms with E-state index in [0.717, 1.165) is 31.9 Å². The number of aryl methyl sites for hydroxylation is 2. The van der Waals surface area contributed by atoms with Crippen LogP contribution in [0.3, 0.4) is 0 Å². The summed E-state index contributed by atoms with van der Waals surface area (Å²) in [6.45, 7) is 8.39. The second-order valence-corrected chi connectivity index (χ2v) is 8.82. The van der Waals surface area contributed by atoms with Crippen molar-refractivity contribution in [1.82, 2.24) is 19.0 Å². The molecule has 1 aliphatic rings. The molecule has 0 atom stereocenters. The van der Waals surface area contributed by atoms with E-state index in [1.165, 1.54) is 16.9 Å². The Morgan fingerprint density at radius 2 is 2.00 bits per heavy atom. The van der Waals surface area contributed by atoms with E-state index in [0.29, 0.717) is 17.3 Å². The third kappa shape index (κ3) is 3.50. The molecule has 1 saturated heterocycles. The smallest absolute Gasteiger partial charge is 0.252 e. The second kappa shape index (κ2) is 6.72. The Balaban J connectivity index is 1.61. The Labute approximate surface area is 141 Å². The molecule has 8 heteroatoms. The lowest BCUT2D eigenvalue weighted by molar-refractivity contribution is 0.181. The maximum Gasteiger partial charge on any atom is 0.252 e. The van der Waals surface area contributed by atoms with Crippen LogP contribution in [0.25, 0.3) is 0 Å². The van der Waals surface area contributed by atoms with Gasteiger partial charge in [0, 0.05) is 51.0 Å². The first-order valence-electron chi connectivity index (χ1n) is 7.79. The average Bonchev–Trinajstić information content (AvgIpc) is 3.19. The van der Waals surface area contributed by atoms with Crippen molar-refractivity contribution in [1.29, 1.82) is 0 Å². The maximum absolute atomic E-state index is 12.5. The van der Waals surface area contributed by atoms with Crippen LogP contribution in [0.15, 0.2) is 27.9 Å². The molecular formula is C15H22N4O2S2. The van der Waals surface area contributed by atoms with Gasteiger partial charge in [-0.2, -0.15) is 9.40 Å². The Bertz CT molecular complexity index is 745. The van der Waals surface area contributed by atoms with Crippen molar-refractivity contribution >= 4 is 21.4 Å². The van der Waals surface area contributed by atoms with Crippen LogP contribution in [-0.2, 0) is 23.1 Å². The highest BCUT2D eigenvalue weighted by molar-refractivity contribution is 7.91. The molecule has 0 radical (unpaired) electrons. The summed E-state index contributed by atoms with van der Waals surface area (Å²) < 4.78 is 29.0. The molecule has 0 aromatic carbocycles. The molecule has 1 fully saturated rings. The van der Waals surface area contributed by atoms with E-state index < -0.39 is 10.0 Å². The Hall–Kier alpha value is -1.22. The minimum absolute atomic E-state index is 0.436. The zero-order valence-electron chi connectivity index (χ0n) is 13.5. The van der Waals surface area contributed by atoms with E-state index in [1.807, 2.05) is 11.6 Å². The van der Waals surface area contributed by atoms with Crippen LogP contribution in [0.2, 0.25) is 0 Å². The van der Waals surface area contributed by atoms with E-state index in [1.54, 1.807) is 21.8 Å². The van der Waals surface area contributed by atoms with Crippen molar-refractivity contribution in [2.75, 3.05) is 26.2 Å². The van der Waals surface area contributed by atoms with Gasteiger partial charge in [-0.1, -0.05) is 6.07 Å². The first-order chi connectivity index (χ1) is 11.0. The van der Waals surface area contributed by atoms with Crippen molar-refractivity contribution in [2.24, 2.45) is 0 Å². The molecule has 0 amide bonds. The number of sulfonamides is 1. The van der Waals surface area contributed by atoms with Crippen molar-refractivity contribution in [3.63, 3.8) is 0 Å². The van der Waals surface area contributed by atoms with Gasteiger partial charge in [0.1, 0.15) is 4.21 Å². The van der Waals surface area contributed by atoms with Crippen LogP contribution < -0.4 is 0 Å². The SMILES string of the molecule is CCn1cc(CN2CCN(S(=O)(=O)c3cccs3)CC2)c(C)n1. The van der Waals surface area contributed by atoms with Crippen molar-refractivity contribution in [3.05, 3.63) is 35.0 Å².